The summed E-state index contributed by atoms with van der Waals surface area (Å²) in [5, 5.41) is 12.7. The van der Waals surface area contributed by atoms with Crippen LogP contribution >= 0.6 is 0 Å². The van der Waals surface area contributed by atoms with Gasteiger partial charge in [-0.25, -0.2) is 0 Å². The first-order valence-corrected chi connectivity index (χ1v) is 8.24. The summed E-state index contributed by atoms with van der Waals surface area (Å²) in [6.45, 7) is 5.65. The van der Waals surface area contributed by atoms with Crippen LogP contribution in [0.15, 0.2) is 0 Å². The molecule has 0 amide bonds. The highest BCUT2D eigenvalue weighted by molar-refractivity contribution is 5.78. The Morgan fingerprint density at radius 1 is 1.30 bits per heavy atom. The van der Waals surface area contributed by atoms with Crippen LogP contribution in [0.25, 0.3) is 0 Å². The fraction of sp³-hybridized carbons (Fsp3) is 0.938. The Balaban J connectivity index is 2.41. The van der Waals surface area contributed by atoms with Gasteiger partial charge in [-0.3, -0.25) is 4.79 Å². The second kappa shape index (κ2) is 8.63. The first kappa shape index (κ1) is 17.4. The van der Waals surface area contributed by atoms with Gasteiger partial charge in [-0.1, -0.05) is 33.1 Å². The number of likely N-dealkylation sites (N-methyl/N-ethyl adjacent to an activating group) is 1. The molecule has 0 saturated heterocycles. The molecule has 20 heavy (non-hydrogen) atoms. The molecule has 0 bridgehead atoms. The van der Waals surface area contributed by atoms with Crippen molar-refractivity contribution >= 4 is 5.97 Å². The Morgan fingerprint density at radius 3 is 2.45 bits per heavy atom. The first-order valence-electron chi connectivity index (χ1n) is 8.24. The summed E-state index contributed by atoms with van der Waals surface area (Å²) >= 11 is 0. The maximum absolute atomic E-state index is 11.5. The van der Waals surface area contributed by atoms with Crippen LogP contribution in [0.5, 0.6) is 0 Å². The number of nitrogens with zero attached hydrogens (tertiary/aromatic N) is 1. The van der Waals surface area contributed by atoms with E-state index in [1.807, 2.05) is 13.8 Å². The molecule has 1 unspecified atom stereocenters. The number of carbonyl (C=O) groups is 1. The van der Waals surface area contributed by atoms with Gasteiger partial charge in [-0.15, -0.1) is 0 Å². The molecule has 1 atom stereocenters. The fourth-order valence-electron chi connectivity index (χ4n) is 3.40. The zero-order valence-electron chi connectivity index (χ0n) is 13.5. The number of carboxylic acids is 1. The van der Waals surface area contributed by atoms with Gasteiger partial charge < -0.3 is 15.3 Å². The van der Waals surface area contributed by atoms with Crippen molar-refractivity contribution in [3.63, 3.8) is 0 Å². The molecule has 0 heterocycles. The van der Waals surface area contributed by atoms with Crippen LogP contribution in [0.4, 0.5) is 0 Å². The topological polar surface area (TPSA) is 52.6 Å². The Bertz CT molecular complexity index is 290. The van der Waals surface area contributed by atoms with E-state index in [1.165, 1.54) is 32.1 Å². The standard InChI is InChI=1S/C16H32N2O2/c1-4-16(15(19)20,17-5-2)12-9-13-18(3)14-10-7-6-8-11-14/h14,17H,4-13H2,1-3H3,(H,19,20). The summed E-state index contributed by atoms with van der Waals surface area (Å²) in [6, 6.07) is 0.712. The lowest BCUT2D eigenvalue weighted by Crippen LogP contribution is -2.52. The minimum absolute atomic E-state index is 0.642. The Kier molecular flexibility index (Phi) is 7.52. The van der Waals surface area contributed by atoms with Crippen LogP contribution in [-0.2, 0) is 4.79 Å². The third kappa shape index (κ3) is 4.74. The summed E-state index contributed by atoms with van der Waals surface area (Å²) in [6.07, 6.45) is 8.99. The molecule has 2 N–H and O–H groups in total. The van der Waals surface area contributed by atoms with Gasteiger partial charge in [0.15, 0.2) is 0 Å². The SMILES string of the molecule is CCNC(CC)(CCCN(C)C1CCCCC1)C(=O)O. The molecular weight excluding hydrogens is 252 g/mol. The molecule has 1 aliphatic carbocycles. The summed E-state index contributed by atoms with van der Waals surface area (Å²) in [5.41, 5.74) is -0.734. The van der Waals surface area contributed by atoms with Gasteiger partial charge in [-0.05, 0) is 52.2 Å². The lowest BCUT2D eigenvalue weighted by molar-refractivity contribution is -0.145. The molecule has 1 rings (SSSR count). The van der Waals surface area contributed by atoms with E-state index in [0.29, 0.717) is 25.4 Å². The molecule has 0 aromatic rings. The molecule has 1 aliphatic rings. The van der Waals surface area contributed by atoms with Gasteiger partial charge >= 0.3 is 5.97 Å². The zero-order valence-corrected chi connectivity index (χ0v) is 13.5. The summed E-state index contributed by atoms with van der Waals surface area (Å²) < 4.78 is 0. The second-order valence-electron chi connectivity index (χ2n) is 6.15. The summed E-state index contributed by atoms with van der Waals surface area (Å²) in [5.74, 6) is -0.706. The molecule has 4 nitrogen and oxygen atoms in total. The van der Waals surface area contributed by atoms with Crippen LogP contribution in [0, 0.1) is 0 Å². The van der Waals surface area contributed by atoms with Crippen LogP contribution in [0.3, 0.4) is 0 Å². The van der Waals surface area contributed by atoms with Crippen LogP contribution in [-0.4, -0.2) is 47.7 Å². The largest absolute Gasteiger partial charge is 0.480 e. The van der Waals surface area contributed by atoms with E-state index >= 15 is 0 Å². The van der Waals surface area contributed by atoms with E-state index in [2.05, 4.69) is 17.3 Å². The van der Waals surface area contributed by atoms with Crippen molar-refractivity contribution in [1.29, 1.82) is 0 Å². The van der Waals surface area contributed by atoms with E-state index in [-0.39, 0.29) is 0 Å². The maximum Gasteiger partial charge on any atom is 0.323 e. The first-order chi connectivity index (χ1) is 9.55. The monoisotopic (exact) mass is 284 g/mol. The van der Waals surface area contributed by atoms with Crippen molar-refractivity contribution in [1.82, 2.24) is 10.2 Å². The quantitative estimate of drug-likeness (QED) is 0.683. The molecule has 1 fully saturated rings. The predicted octanol–water partition coefficient (Wildman–Crippen LogP) is 2.87. The van der Waals surface area contributed by atoms with E-state index in [0.717, 1.165) is 13.0 Å². The number of hydrogen-bond acceptors (Lipinski definition) is 3. The average Bonchev–Trinajstić information content (AvgIpc) is 2.46. The van der Waals surface area contributed by atoms with Crippen molar-refractivity contribution in [3.8, 4) is 0 Å². The second-order valence-corrected chi connectivity index (χ2v) is 6.15. The molecule has 4 heteroatoms. The normalized spacial score (nSPS) is 20.0. The number of carboxylic acid groups (broad SMARTS) is 1. The van der Waals surface area contributed by atoms with Gasteiger partial charge in [0, 0.05) is 6.04 Å². The Labute approximate surface area is 123 Å². The highest BCUT2D eigenvalue weighted by Gasteiger charge is 2.35. The molecular formula is C16H32N2O2. The number of rotatable bonds is 9. The smallest absolute Gasteiger partial charge is 0.323 e. The lowest BCUT2D eigenvalue weighted by Gasteiger charge is -2.33. The Morgan fingerprint density at radius 2 is 1.95 bits per heavy atom. The molecule has 1 saturated carbocycles. The molecule has 118 valence electrons. The third-order valence-corrected chi connectivity index (χ3v) is 4.84. The summed E-state index contributed by atoms with van der Waals surface area (Å²) in [4.78, 5) is 14.0. The fourth-order valence-corrected chi connectivity index (χ4v) is 3.40. The third-order valence-electron chi connectivity index (χ3n) is 4.84. The lowest BCUT2D eigenvalue weighted by atomic mass is 9.89. The van der Waals surface area contributed by atoms with Crippen molar-refractivity contribution in [3.05, 3.63) is 0 Å². The maximum atomic E-state index is 11.5. The van der Waals surface area contributed by atoms with E-state index in [4.69, 9.17) is 0 Å². The van der Waals surface area contributed by atoms with Crippen LogP contribution < -0.4 is 5.32 Å². The molecule has 0 radical (unpaired) electrons. The van der Waals surface area contributed by atoms with Crippen LogP contribution in [0.1, 0.15) is 65.2 Å². The van der Waals surface area contributed by atoms with Crippen molar-refractivity contribution in [2.45, 2.75) is 76.8 Å². The minimum atomic E-state index is -0.734. The van der Waals surface area contributed by atoms with Crippen molar-refractivity contribution in [2.75, 3.05) is 20.1 Å². The average molecular weight is 284 g/mol. The van der Waals surface area contributed by atoms with Crippen LogP contribution in [0.2, 0.25) is 0 Å². The van der Waals surface area contributed by atoms with Gasteiger partial charge in [-0.2, -0.15) is 0 Å². The van der Waals surface area contributed by atoms with Gasteiger partial charge in [0.1, 0.15) is 5.54 Å². The Hall–Kier alpha value is -0.610. The van der Waals surface area contributed by atoms with Crippen molar-refractivity contribution < 1.29 is 9.90 Å². The highest BCUT2D eigenvalue weighted by atomic mass is 16.4. The van der Waals surface area contributed by atoms with Gasteiger partial charge in [0.25, 0.3) is 0 Å². The molecule has 0 spiro atoms. The van der Waals surface area contributed by atoms with Crippen molar-refractivity contribution in [2.24, 2.45) is 0 Å². The number of aliphatic carboxylic acids is 1. The summed E-state index contributed by atoms with van der Waals surface area (Å²) in [7, 11) is 2.19. The highest BCUT2D eigenvalue weighted by Crippen LogP contribution is 2.23. The molecule has 0 aliphatic heterocycles. The van der Waals surface area contributed by atoms with Gasteiger partial charge in [0.2, 0.25) is 0 Å². The number of hydrogen-bond donors (Lipinski definition) is 2. The predicted molar refractivity (Wildman–Crippen MR) is 83.1 cm³/mol. The number of nitrogens with one attached hydrogen (secondary N) is 1. The van der Waals surface area contributed by atoms with E-state index in [1.54, 1.807) is 0 Å². The zero-order chi connectivity index (χ0) is 15.0. The van der Waals surface area contributed by atoms with Gasteiger partial charge in [0.05, 0.1) is 0 Å². The van der Waals surface area contributed by atoms with E-state index in [9.17, 15) is 9.90 Å². The van der Waals surface area contributed by atoms with E-state index < -0.39 is 11.5 Å². The minimum Gasteiger partial charge on any atom is -0.480 e. The molecule has 0 aromatic carbocycles. The molecule has 0 aromatic heterocycles.